The summed E-state index contributed by atoms with van der Waals surface area (Å²) < 4.78 is 11.3. The molecule has 1 amide bonds. The van der Waals surface area contributed by atoms with Gasteiger partial charge in [0.05, 0.1) is 13.2 Å². The summed E-state index contributed by atoms with van der Waals surface area (Å²) in [5, 5.41) is 3.12. The SMILES string of the molecule is C[C@@H]1C[C@@H](C)CN(C[C@H](C)NC(=O)c2ccc3c(c2)OCCCO3)C1. The highest BCUT2D eigenvalue weighted by molar-refractivity contribution is 5.95. The number of fused-ring (bicyclic) bond motifs is 1. The highest BCUT2D eigenvalue weighted by atomic mass is 16.5. The Hall–Kier alpha value is -1.75. The predicted octanol–water partition coefficient (Wildman–Crippen LogP) is 2.94. The lowest BCUT2D eigenvalue weighted by Crippen LogP contribution is -2.47. The Labute approximate surface area is 150 Å². The molecule has 1 aromatic rings. The molecule has 0 aromatic heterocycles. The molecule has 0 spiro atoms. The van der Waals surface area contributed by atoms with Gasteiger partial charge >= 0.3 is 0 Å². The zero-order valence-corrected chi connectivity index (χ0v) is 15.6. The quantitative estimate of drug-likeness (QED) is 0.911. The van der Waals surface area contributed by atoms with Crippen LogP contribution < -0.4 is 14.8 Å². The Morgan fingerprint density at radius 1 is 1.20 bits per heavy atom. The van der Waals surface area contributed by atoms with Gasteiger partial charge in [-0.25, -0.2) is 0 Å². The molecule has 0 aliphatic carbocycles. The third-order valence-corrected chi connectivity index (χ3v) is 4.86. The van der Waals surface area contributed by atoms with Crippen LogP contribution in [0.4, 0.5) is 0 Å². The van der Waals surface area contributed by atoms with Gasteiger partial charge in [-0.3, -0.25) is 4.79 Å². The third-order valence-electron chi connectivity index (χ3n) is 4.86. The van der Waals surface area contributed by atoms with Gasteiger partial charge < -0.3 is 19.7 Å². The largest absolute Gasteiger partial charge is 0.490 e. The van der Waals surface area contributed by atoms with Crippen molar-refractivity contribution in [3.05, 3.63) is 23.8 Å². The number of amides is 1. The number of carbonyl (C=O) groups is 1. The van der Waals surface area contributed by atoms with Crippen molar-refractivity contribution < 1.29 is 14.3 Å². The maximum absolute atomic E-state index is 12.6. The van der Waals surface area contributed by atoms with Crippen molar-refractivity contribution in [2.24, 2.45) is 11.8 Å². The van der Waals surface area contributed by atoms with Gasteiger partial charge in [-0.15, -0.1) is 0 Å². The normalized spacial score (nSPS) is 25.1. The van der Waals surface area contributed by atoms with Crippen LogP contribution in [-0.2, 0) is 0 Å². The fourth-order valence-electron chi connectivity index (χ4n) is 3.99. The molecule has 1 aromatic carbocycles. The molecular weight excluding hydrogens is 316 g/mol. The van der Waals surface area contributed by atoms with Crippen LogP contribution in [0.25, 0.3) is 0 Å². The van der Waals surface area contributed by atoms with E-state index >= 15 is 0 Å². The van der Waals surface area contributed by atoms with E-state index in [1.807, 2.05) is 6.07 Å². The lowest BCUT2D eigenvalue weighted by atomic mass is 9.92. The molecule has 1 saturated heterocycles. The molecule has 0 unspecified atom stereocenters. The number of ether oxygens (including phenoxy) is 2. The van der Waals surface area contributed by atoms with Crippen molar-refractivity contribution in [2.45, 2.75) is 39.7 Å². The van der Waals surface area contributed by atoms with Gasteiger partial charge in [-0.2, -0.15) is 0 Å². The van der Waals surface area contributed by atoms with Crippen LogP contribution in [0.2, 0.25) is 0 Å². The van der Waals surface area contributed by atoms with Gasteiger partial charge in [-0.1, -0.05) is 13.8 Å². The molecule has 1 fully saturated rings. The molecule has 3 rings (SSSR count). The highest BCUT2D eigenvalue weighted by Crippen LogP contribution is 2.30. The van der Waals surface area contributed by atoms with Crippen LogP contribution in [0.1, 0.15) is 44.0 Å². The first-order valence-corrected chi connectivity index (χ1v) is 9.44. The molecule has 2 heterocycles. The first kappa shape index (κ1) is 18.1. The Kier molecular flexibility index (Phi) is 5.84. The summed E-state index contributed by atoms with van der Waals surface area (Å²) in [6.45, 7) is 11.1. The molecule has 5 heteroatoms. The number of hydrogen-bond acceptors (Lipinski definition) is 4. The van der Waals surface area contributed by atoms with E-state index in [2.05, 4.69) is 31.0 Å². The van der Waals surface area contributed by atoms with Crippen molar-refractivity contribution in [3.63, 3.8) is 0 Å². The minimum Gasteiger partial charge on any atom is -0.490 e. The van der Waals surface area contributed by atoms with Gasteiger partial charge in [0.2, 0.25) is 0 Å². The first-order chi connectivity index (χ1) is 12.0. The summed E-state index contributed by atoms with van der Waals surface area (Å²) in [6, 6.07) is 5.53. The van der Waals surface area contributed by atoms with Crippen molar-refractivity contribution in [1.82, 2.24) is 10.2 Å². The Morgan fingerprint density at radius 2 is 1.88 bits per heavy atom. The van der Waals surface area contributed by atoms with Crippen LogP contribution >= 0.6 is 0 Å². The number of nitrogens with one attached hydrogen (secondary N) is 1. The van der Waals surface area contributed by atoms with E-state index in [-0.39, 0.29) is 11.9 Å². The van der Waals surface area contributed by atoms with Crippen LogP contribution in [0.15, 0.2) is 18.2 Å². The average Bonchev–Trinajstić information content (AvgIpc) is 2.78. The molecule has 2 aliphatic rings. The molecule has 3 atom stereocenters. The summed E-state index contributed by atoms with van der Waals surface area (Å²) in [7, 11) is 0. The Morgan fingerprint density at radius 3 is 2.60 bits per heavy atom. The molecule has 2 aliphatic heterocycles. The molecule has 138 valence electrons. The summed E-state index contributed by atoms with van der Waals surface area (Å²) >= 11 is 0. The fourth-order valence-corrected chi connectivity index (χ4v) is 3.99. The van der Waals surface area contributed by atoms with Gasteiger partial charge in [-0.05, 0) is 43.4 Å². The number of benzene rings is 1. The smallest absolute Gasteiger partial charge is 0.251 e. The van der Waals surface area contributed by atoms with Crippen molar-refractivity contribution >= 4 is 5.91 Å². The number of piperidine rings is 1. The maximum atomic E-state index is 12.6. The molecule has 1 N–H and O–H groups in total. The number of nitrogens with zero attached hydrogens (tertiary/aromatic N) is 1. The standard InChI is InChI=1S/C20H30N2O3/c1-14-9-15(2)12-22(11-14)13-16(3)21-20(23)17-5-6-18-19(10-17)25-8-4-7-24-18/h5-6,10,14-16H,4,7-9,11-13H2,1-3H3,(H,21,23)/t14-,15-,16+/m1/s1. The van der Waals surface area contributed by atoms with Gasteiger partial charge in [0.15, 0.2) is 11.5 Å². The van der Waals surface area contributed by atoms with Crippen molar-refractivity contribution in [3.8, 4) is 11.5 Å². The topological polar surface area (TPSA) is 50.8 Å². The Bertz CT molecular complexity index is 595. The number of hydrogen-bond donors (Lipinski definition) is 1. The van der Waals surface area contributed by atoms with Crippen LogP contribution in [0, 0.1) is 11.8 Å². The second kappa shape index (κ2) is 8.09. The summed E-state index contributed by atoms with van der Waals surface area (Å²) in [5.41, 5.74) is 0.622. The molecule has 5 nitrogen and oxygen atoms in total. The zero-order chi connectivity index (χ0) is 17.8. The summed E-state index contributed by atoms with van der Waals surface area (Å²) in [6.07, 6.45) is 2.16. The monoisotopic (exact) mass is 346 g/mol. The Balaban J connectivity index is 1.57. The van der Waals surface area contributed by atoms with Crippen LogP contribution in [0.5, 0.6) is 11.5 Å². The van der Waals surface area contributed by atoms with E-state index < -0.39 is 0 Å². The highest BCUT2D eigenvalue weighted by Gasteiger charge is 2.23. The third kappa shape index (κ3) is 4.88. The molecule has 0 saturated carbocycles. The van der Waals surface area contributed by atoms with Crippen LogP contribution in [0.3, 0.4) is 0 Å². The summed E-state index contributed by atoms with van der Waals surface area (Å²) in [4.78, 5) is 15.0. The average molecular weight is 346 g/mol. The second-order valence-corrected chi connectivity index (χ2v) is 7.75. The first-order valence-electron chi connectivity index (χ1n) is 9.44. The van der Waals surface area contributed by atoms with Crippen molar-refractivity contribution in [2.75, 3.05) is 32.8 Å². The molecule has 0 bridgehead atoms. The maximum Gasteiger partial charge on any atom is 0.251 e. The number of carbonyl (C=O) groups excluding carboxylic acids is 1. The molecular formula is C20H30N2O3. The van der Waals surface area contributed by atoms with E-state index in [0.29, 0.717) is 24.5 Å². The van der Waals surface area contributed by atoms with E-state index in [9.17, 15) is 4.79 Å². The van der Waals surface area contributed by atoms with E-state index in [1.54, 1.807) is 12.1 Å². The number of likely N-dealkylation sites (tertiary alicyclic amines) is 1. The van der Waals surface area contributed by atoms with Crippen LogP contribution in [-0.4, -0.2) is 49.7 Å². The number of rotatable bonds is 4. The zero-order valence-electron chi connectivity index (χ0n) is 15.6. The van der Waals surface area contributed by atoms with Gasteiger partial charge in [0.25, 0.3) is 5.91 Å². The lowest BCUT2D eigenvalue weighted by Gasteiger charge is -2.36. The predicted molar refractivity (Wildman–Crippen MR) is 98.4 cm³/mol. The van der Waals surface area contributed by atoms with Crippen molar-refractivity contribution in [1.29, 1.82) is 0 Å². The minimum absolute atomic E-state index is 0.0544. The fraction of sp³-hybridized carbons (Fsp3) is 0.650. The minimum atomic E-state index is -0.0544. The van der Waals surface area contributed by atoms with Gasteiger partial charge in [0.1, 0.15) is 0 Å². The molecule has 25 heavy (non-hydrogen) atoms. The molecule has 0 radical (unpaired) electrons. The van der Waals surface area contributed by atoms with Gasteiger partial charge in [0, 0.05) is 37.7 Å². The van der Waals surface area contributed by atoms with E-state index in [0.717, 1.165) is 43.6 Å². The second-order valence-electron chi connectivity index (χ2n) is 7.75. The van der Waals surface area contributed by atoms with E-state index in [4.69, 9.17) is 9.47 Å². The summed E-state index contributed by atoms with van der Waals surface area (Å²) in [5.74, 6) is 2.79. The van der Waals surface area contributed by atoms with E-state index in [1.165, 1.54) is 6.42 Å². The lowest BCUT2D eigenvalue weighted by molar-refractivity contribution is 0.0904.